The number of aryl methyl sites for hydroxylation is 1. The Morgan fingerprint density at radius 2 is 1.92 bits per heavy atom. The van der Waals surface area contributed by atoms with Gasteiger partial charge in [0.05, 0.1) is 11.6 Å². The molecule has 24 heavy (non-hydrogen) atoms. The Morgan fingerprint density at radius 1 is 1.21 bits per heavy atom. The number of carbonyl (C=O) groups is 2. The van der Waals surface area contributed by atoms with Crippen LogP contribution in [0.5, 0.6) is 0 Å². The summed E-state index contributed by atoms with van der Waals surface area (Å²) in [4.78, 5) is 25.9. The molecule has 0 spiro atoms. The van der Waals surface area contributed by atoms with Crippen molar-refractivity contribution in [2.75, 3.05) is 16.8 Å². The highest BCUT2D eigenvalue weighted by molar-refractivity contribution is 6.03. The molecule has 2 aromatic carbocycles. The van der Waals surface area contributed by atoms with Crippen molar-refractivity contribution in [3.8, 4) is 0 Å². The molecule has 0 aromatic heterocycles. The molecule has 5 heteroatoms. The summed E-state index contributed by atoms with van der Waals surface area (Å²) in [6.07, 6.45) is 1.02. The second-order valence-electron chi connectivity index (χ2n) is 5.90. The van der Waals surface area contributed by atoms with Crippen molar-refractivity contribution in [2.45, 2.75) is 19.8 Å². The normalized spacial score (nSPS) is 17.2. The number of carbonyl (C=O) groups excluding carboxylic acids is 2. The molecule has 3 rings (SSSR count). The summed E-state index contributed by atoms with van der Waals surface area (Å²) >= 11 is 0. The Morgan fingerprint density at radius 3 is 2.58 bits per heavy atom. The van der Waals surface area contributed by atoms with E-state index in [9.17, 15) is 14.0 Å². The van der Waals surface area contributed by atoms with Gasteiger partial charge in [-0.3, -0.25) is 9.59 Å². The number of nitrogens with zero attached hydrogens (tertiary/aromatic N) is 1. The molecular weight excluding hydrogens is 307 g/mol. The number of anilines is 2. The lowest BCUT2D eigenvalue weighted by Gasteiger charge is -2.17. The quantitative estimate of drug-likeness (QED) is 0.936. The highest BCUT2D eigenvalue weighted by Crippen LogP contribution is 2.28. The fraction of sp³-hybridized carbons (Fsp3) is 0.263. The van der Waals surface area contributed by atoms with Crippen molar-refractivity contribution in [3.05, 3.63) is 59.9 Å². The molecule has 0 saturated carbocycles. The average molecular weight is 326 g/mol. The number of hydrogen-bond donors (Lipinski definition) is 1. The second kappa shape index (κ2) is 6.83. The van der Waals surface area contributed by atoms with E-state index in [1.165, 1.54) is 16.5 Å². The van der Waals surface area contributed by atoms with Crippen LogP contribution >= 0.6 is 0 Å². The predicted octanol–water partition coefficient (Wildman–Crippen LogP) is 3.38. The molecule has 1 aliphatic rings. The summed E-state index contributed by atoms with van der Waals surface area (Å²) < 4.78 is 13.9. The van der Waals surface area contributed by atoms with Crippen LogP contribution in [0.4, 0.5) is 15.8 Å². The monoisotopic (exact) mass is 326 g/mol. The first-order valence-electron chi connectivity index (χ1n) is 8.03. The maximum atomic E-state index is 13.9. The smallest absolute Gasteiger partial charge is 0.229 e. The Balaban J connectivity index is 1.68. The average Bonchev–Trinajstić information content (AvgIpc) is 2.98. The summed E-state index contributed by atoms with van der Waals surface area (Å²) in [5.41, 5.74) is 2.12. The molecule has 1 heterocycles. The topological polar surface area (TPSA) is 49.4 Å². The van der Waals surface area contributed by atoms with Gasteiger partial charge in [0, 0.05) is 18.7 Å². The number of amides is 2. The largest absolute Gasteiger partial charge is 0.326 e. The van der Waals surface area contributed by atoms with Crippen LogP contribution in [0.2, 0.25) is 0 Å². The first-order valence-corrected chi connectivity index (χ1v) is 8.03. The lowest BCUT2D eigenvalue weighted by molar-refractivity contribution is -0.122. The van der Waals surface area contributed by atoms with Crippen LogP contribution in [0.15, 0.2) is 48.5 Å². The van der Waals surface area contributed by atoms with Crippen LogP contribution in [0, 0.1) is 11.7 Å². The minimum atomic E-state index is -0.483. The third-order valence-corrected chi connectivity index (χ3v) is 4.27. The van der Waals surface area contributed by atoms with Crippen LogP contribution < -0.4 is 10.2 Å². The van der Waals surface area contributed by atoms with Gasteiger partial charge in [0.15, 0.2) is 0 Å². The highest BCUT2D eigenvalue weighted by atomic mass is 19.1. The fourth-order valence-electron chi connectivity index (χ4n) is 2.85. The van der Waals surface area contributed by atoms with Crippen LogP contribution in [-0.4, -0.2) is 18.4 Å². The number of para-hydroxylation sites is 1. The first kappa shape index (κ1) is 16.2. The third kappa shape index (κ3) is 3.30. The standard InChI is InChI=1S/C19H19FN2O2/c1-2-13-7-9-15(10-8-13)21-19(24)14-11-18(23)22(12-14)17-6-4-3-5-16(17)20/h3-10,14H,2,11-12H2,1H3,(H,21,24). The maximum Gasteiger partial charge on any atom is 0.229 e. The molecule has 124 valence electrons. The Hall–Kier alpha value is -2.69. The number of halogens is 1. The zero-order valence-corrected chi connectivity index (χ0v) is 13.5. The summed E-state index contributed by atoms with van der Waals surface area (Å²) in [6, 6.07) is 13.7. The van der Waals surface area contributed by atoms with Crippen molar-refractivity contribution in [2.24, 2.45) is 5.92 Å². The molecule has 1 atom stereocenters. The maximum absolute atomic E-state index is 13.9. The van der Waals surface area contributed by atoms with Crippen molar-refractivity contribution in [1.29, 1.82) is 0 Å². The van der Waals surface area contributed by atoms with Gasteiger partial charge in [0.1, 0.15) is 5.82 Å². The van der Waals surface area contributed by atoms with E-state index in [1.807, 2.05) is 24.3 Å². The Bertz CT molecular complexity index is 758. The van der Waals surface area contributed by atoms with Crippen LogP contribution in [0.1, 0.15) is 18.9 Å². The molecule has 1 fully saturated rings. The van der Waals surface area contributed by atoms with Gasteiger partial charge in [-0.2, -0.15) is 0 Å². The van der Waals surface area contributed by atoms with Crippen molar-refractivity contribution in [1.82, 2.24) is 0 Å². The number of nitrogens with one attached hydrogen (secondary N) is 1. The molecule has 2 aromatic rings. The van der Waals surface area contributed by atoms with E-state index < -0.39 is 11.7 Å². The van der Waals surface area contributed by atoms with E-state index in [1.54, 1.807) is 18.2 Å². The molecule has 2 amide bonds. The lowest BCUT2D eigenvalue weighted by Crippen LogP contribution is -2.28. The number of benzene rings is 2. The van der Waals surface area contributed by atoms with E-state index in [0.29, 0.717) is 5.69 Å². The molecule has 1 N–H and O–H groups in total. The van der Waals surface area contributed by atoms with Crippen LogP contribution in [0.3, 0.4) is 0 Å². The molecule has 4 nitrogen and oxygen atoms in total. The van der Waals surface area contributed by atoms with Gasteiger partial charge in [-0.1, -0.05) is 31.2 Å². The minimum absolute atomic E-state index is 0.0905. The van der Waals surface area contributed by atoms with Crippen molar-refractivity contribution >= 4 is 23.2 Å². The SMILES string of the molecule is CCc1ccc(NC(=O)C2CC(=O)N(c3ccccc3F)C2)cc1. The number of hydrogen-bond acceptors (Lipinski definition) is 2. The first-order chi connectivity index (χ1) is 11.6. The minimum Gasteiger partial charge on any atom is -0.326 e. The second-order valence-corrected chi connectivity index (χ2v) is 5.90. The zero-order valence-electron chi connectivity index (χ0n) is 13.5. The van der Waals surface area contributed by atoms with Gasteiger partial charge in [0.25, 0.3) is 0 Å². The molecule has 0 bridgehead atoms. The summed E-state index contributed by atoms with van der Waals surface area (Å²) in [5, 5.41) is 2.83. The third-order valence-electron chi connectivity index (χ3n) is 4.27. The van der Waals surface area contributed by atoms with E-state index >= 15 is 0 Å². The van der Waals surface area contributed by atoms with Gasteiger partial charge in [-0.15, -0.1) is 0 Å². The Labute approximate surface area is 140 Å². The molecule has 1 unspecified atom stereocenters. The van der Waals surface area contributed by atoms with Crippen molar-refractivity contribution < 1.29 is 14.0 Å². The van der Waals surface area contributed by atoms with Gasteiger partial charge in [-0.25, -0.2) is 4.39 Å². The van der Waals surface area contributed by atoms with Crippen LogP contribution in [-0.2, 0) is 16.0 Å². The molecule has 0 radical (unpaired) electrons. The summed E-state index contributed by atoms with van der Waals surface area (Å²) in [6.45, 7) is 2.26. The van der Waals surface area contributed by atoms with Gasteiger partial charge >= 0.3 is 0 Å². The van der Waals surface area contributed by atoms with E-state index in [4.69, 9.17) is 0 Å². The Kier molecular flexibility index (Phi) is 4.60. The highest BCUT2D eigenvalue weighted by Gasteiger charge is 2.36. The zero-order chi connectivity index (χ0) is 17.1. The lowest BCUT2D eigenvalue weighted by atomic mass is 10.1. The molecule has 1 aliphatic heterocycles. The predicted molar refractivity (Wildman–Crippen MR) is 91.3 cm³/mol. The molecular formula is C19H19FN2O2. The summed E-state index contributed by atoms with van der Waals surface area (Å²) in [5.74, 6) is -1.39. The van der Waals surface area contributed by atoms with Crippen LogP contribution in [0.25, 0.3) is 0 Å². The van der Waals surface area contributed by atoms with Gasteiger partial charge < -0.3 is 10.2 Å². The number of rotatable bonds is 4. The molecule has 1 saturated heterocycles. The molecule has 0 aliphatic carbocycles. The van der Waals surface area contributed by atoms with Crippen molar-refractivity contribution in [3.63, 3.8) is 0 Å². The van der Waals surface area contributed by atoms with Gasteiger partial charge in [0.2, 0.25) is 11.8 Å². The van der Waals surface area contributed by atoms with Gasteiger partial charge in [-0.05, 0) is 36.2 Å². The van der Waals surface area contributed by atoms with E-state index in [2.05, 4.69) is 12.2 Å². The van der Waals surface area contributed by atoms with E-state index in [0.717, 1.165) is 6.42 Å². The summed E-state index contributed by atoms with van der Waals surface area (Å²) in [7, 11) is 0. The fourth-order valence-corrected chi connectivity index (χ4v) is 2.85. The van der Waals surface area contributed by atoms with E-state index in [-0.39, 0.29) is 30.5 Å².